The minimum absolute atomic E-state index is 0.0677. The van der Waals surface area contributed by atoms with Crippen LogP contribution < -0.4 is 10.0 Å². The first-order valence-corrected chi connectivity index (χ1v) is 12.3. The molecule has 4 rings (SSSR count). The Morgan fingerprint density at radius 3 is 2.53 bits per heavy atom. The van der Waals surface area contributed by atoms with Gasteiger partial charge in [0, 0.05) is 5.56 Å². The number of anilines is 1. The SMILES string of the molecule is Cc1ccc(C(=O)N[C@H]2CCCc3ccccc32)cc1S(=O)(=O)Nc1cccc(C)c1C. The molecule has 6 heteroatoms. The molecular formula is C26H28N2O3S. The Morgan fingerprint density at radius 2 is 1.72 bits per heavy atom. The van der Waals surface area contributed by atoms with Crippen molar-refractivity contribution in [3.63, 3.8) is 0 Å². The summed E-state index contributed by atoms with van der Waals surface area (Å²) in [5.41, 5.74) is 5.74. The Labute approximate surface area is 189 Å². The molecule has 3 aromatic carbocycles. The maximum atomic E-state index is 13.2. The molecule has 32 heavy (non-hydrogen) atoms. The molecule has 0 radical (unpaired) electrons. The first-order chi connectivity index (χ1) is 15.3. The number of carbonyl (C=O) groups excluding carboxylic acids is 1. The fraction of sp³-hybridized carbons (Fsp3) is 0.269. The second-order valence-electron chi connectivity index (χ2n) is 8.45. The van der Waals surface area contributed by atoms with Crippen molar-refractivity contribution in [1.29, 1.82) is 0 Å². The van der Waals surface area contributed by atoms with E-state index in [4.69, 9.17) is 0 Å². The number of fused-ring (bicyclic) bond motifs is 1. The minimum Gasteiger partial charge on any atom is -0.345 e. The maximum absolute atomic E-state index is 13.2. The molecule has 0 bridgehead atoms. The zero-order chi connectivity index (χ0) is 22.9. The van der Waals surface area contributed by atoms with Crippen LogP contribution in [0, 0.1) is 20.8 Å². The molecule has 1 amide bonds. The van der Waals surface area contributed by atoms with Gasteiger partial charge in [-0.1, -0.05) is 42.5 Å². The summed E-state index contributed by atoms with van der Waals surface area (Å²) in [5, 5.41) is 3.10. The van der Waals surface area contributed by atoms with Crippen LogP contribution >= 0.6 is 0 Å². The average Bonchev–Trinajstić information content (AvgIpc) is 2.77. The van der Waals surface area contributed by atoms with Crippen molar-refractivity contribution in [1.82, 2.24) is 5.32 Å². The summed E-state index contributed by atoms with van der Waals surface area (Å²) in [7, 11) is -3.85. The molecule has 0 aromatic heterocycles. The smallest absolute Gasteiger partial charge is 0.262 e. The number of nitrogens with one attached hydrogen (secondary N) is 2. The van der Waals surface area contributed by atoms with Crippen molar-refractivity contribution in [2.75, 3.05) is 4.72 Å². The van der Waals surface area contributed by atoms with Gasteiger partial charge in [0.25, 0.3) is 15.9 Å². The number of sulfonamides is 1. The van der Waals surface area contributed by atoms with Gasteiger partial charge in [-0.05, 0) is 86.1 Å². The topological polar surface area (TPSA) is 75.3 Å². The van der Waals surface area contributed by atoms with Gasteiger partial charge in [0.2, 0.25) is 0 Å². The van der Waals surface area contributed by atoms with E-state index in [1.54, 1.807) is 25.1 Å². The average molecular weight is 449 g/mol. The van der Waals surface area contributed by atoms with E-state index in [-0.39, 0.29) is 16.8 Å². The molecule has 0 unspecified atom stereocenters. The van der Waals surface area contributed by atoms with Gasteiger partial charge in [-0.15, -0.1) is 0 Å². The van der Waals surface area contributed by atoms with E-state index in [0.29, 0.717) is 16.8 Å². The van der Waals surface area contributed by atoms with Crippen molar-refractivity contribution in [3.8, 4) is 0 Å². The van der Waals surface area contributed by atoms with Crippen LogP contribution in [0.5, 0.6) is 0 Å². The molecule has 1 aliphatic carbocycles. The monoisotopic (exact) mass is 448 g/mol. The zero-order valence-electron chi connectivity index (χ0n) is 18.6. The summed E-state index contributed by atoms with van der Waals surface area (Å²) >= 11 is 0. The van der Waals surface area contributed by atoms with E-state index in [2.05, 4.69) is 22.2 Å². The van der Waals surface area contributed by atoms with E-state index in [1.165, 1.54) is 11.6 Å². The molecule has 0 saturated heterocycles. The predicted molar refractivity (Wildman–Crippen MR) is 127 cm³/mol. The summed E-state index contributed by atoms with van der Waals surface area (Å²) in [5.74, 6) is -0.269. The normalized spacial score (nSPS) is 15.7. The van der Waals surface area contributed by atoms with Gasteiger partial charge in [-0.2, -0.15) is 0 Å². The van der Waals surface area contributed by atoms with Gasteiger partial charge in [0.1, 0.15) is 0 Å². The van der Waals surface area contributed by atoms with Crippen LogP contribution in [-0.2, 0) is 16.4 Å². The summed E-state index contributed by atoms with van der Waals surface area (Å²) in [6.45, 7) is 5.55. The Hall–Kier alpha value is -3.12. The van der Waals surface area contributed by atoms with Crippen LogP contribution in [0.25, 0.3) is 0 Å². The molecule has 2 N–H and O–H groups in total. The Kier molecular flexibility index (Phi) is 6.07. The number of hydrogen-bond donors (Lipinski definition) is 2. The van der Waals surface area contributed by atoms with Gasteiger partial charge in [-0.3, -0.25) is 9.52 Å². The van der Waals surface area contributed by atoms with Crippen molar-refractivity contribution in [3.05, 3.63) is 94.0 Å². The highest BCUT2D eigenvalue weighted by molar-refractivity contribution is 7.92. The van der Waals surface area contributed by atoms with Gasteiger partial charge in [-0.25, -0.2) is 8.42 Å². The fourth-order valence-corrected chi connectivity index (χ4v) is 5.63. The number of carbonyl (C=O) groups is 1. The molecule has 3 aromatic rings. The van der Waals surface area contributed by atoms with Gasteiger partial charge in [0.05, 0.1) is 16.6 Å². The lowest BCUT2D eigenvalue weighted by Crippen LogP contribution is -2.31. The van der Waals surface area contributed by atoms with E-state index in [9.17, 15) is 13.2 Å². The van der Waals surface area contributed by atoms with Crippen LogP contribution in [0.3, 0.4) is 0 Å². The lowest BCUT2D eigenvalue weighted by Gasteiger charge is -2.26. The fourth-order valence-electron chi connectivity index (χ4n) is 4.24. The second kappa shape index (κ2) is 8.79. The third-order valence-corrected chi connectivity index (χ3v) is 7.77. The van der Waals surface area contributed by atoms with Gasteiger partial charge in [0.15, 0.2) is 0 Å². The van der Waals surface area contributed by atoms with E-state index in [0.717, 1.165) is 36.0 Å². The van der Waals surface area contributed by atoms with Gasteiger partial charge >= 0.3 is 0 Å². The molecule has 1 aliphatic rings. The quantitative estimate of drug-likeness (QED) is 0.562. The van der Waals surface area contributed by atoms with Crippen molar-refractivity contribution < 1.29 is 13.2 Å². The van der Waals surface area contributed by atoms with Gasteiger partial charge < -0.3 is 5.32 Å². The first kappa shape index (κ1) is 22.1. The molecule has 1 atom stereocenters. The molecule has 0 spiro atoms. The molecule has 0 aliphatic heterocycles. The summed E-state index contributed by atoms with van der Waals surface area (Å²) in [6, 6.07) is 18.4. The molecule has 0 fully saturated rings. The summed E-state index contributed by atoms with van der Waals surface area (Å²) in [6.07, 6.45) is 2.89. The van der Waals surface area contributed by atoms with Crippen LogP contribution in [0.4, 0.5) is 5.69 Å². The number of amides is 1. The molecule has 0 saturated carbocycles. The Balaban J connectivity index is 1.60. The minimum atomic E-state index is -3.85. The lowest BCUT2D eigenvalue weighted by atomic mass is 9.87. The highest BCUT2D eigenvalue weighted by atomic mass is 32.2. The van der Waals surface area contributed by atoms with Crippen molar-refractivity contribution >= 4 is 21.6 Å². The predicted octanol–water partition coefficient (Wildman–Crippen LogP) is 5.22. The number of rotatable bonds is 5. The summed E-state index contributed by atoms with van der Waals surface area (Å²) in [4.78, 5) is 13.2. The lowest BCUT2D eigenvalue weighted by molar-refractivity contribution is 0.0932. The first-order valence-electron chi connectivity index (χ1n) is 10.8. The van der Waals surface area contributed by atoms with Crippen LogP contribution in [-0.4, -0.2) is 14.3 Å². The summed E-state index contributed by atoms with van der Waals surface area (Å²) < 4.78 is 29.0. The van der Waals surface area contributed by atoms with Crippen LogP contribution in [0.15, 0.2) is 65.6 Å². The molecule has 0 heterocycles. The van der Waals surface area contributed by atoms with E-state index < -0.39 is 10.0 Å². The van der Waals surface area contributed by atoms with Crippen molar-refractivity contribution in [2.45, 2.75) is 51.0 Å². The zero-order valence-corrected chi connectivity index (χ0v) is 19.4. The number of benzene rings is 3. The molecule has 5 nitrogen and oxygen atoms in total. The van der Waals surface area contributed by atoms with Crippen molar-refractivity contribution in [2.24, 2.45) is 0 Å². The number of aryl methyl sites for hydroxylation is 3. The Morgan fingerprint density at radius 1 is 0.938 bits per heavy atom. The highest BCUT2D eigenvalue weighted by Gasteiger charge is 2.24. The largest absolute Gasteiger partial charge is 0.345 e. The van der Waals surface area contributed by atoms with E-state index >= 15 is 0 Å². The highest BCUT2D eigenvalue weighted by Crippen LogP contribution is 2.30. The number of hydrogen-bond acceptors (Lipinski definition) is 3. The van der Waals surface area contributed by atoms with Crippen LogP contribution in [0.2, 0.25) is 0 Å². The second-order valence-corrected chi connectivity index (χ2v) is 10.1. The molecular weight excluding hydrogens is 420 g/mol. The maximum Gasteiger partial charge on any atom is 0.262 e. The van der Waals surface area contributed by atoms with E-state index in [1.807, 2.05) is 38.1 Å². The third-order valence-electron chi connectivity index (χ3n) is 6.26. The Bertz CT molecular complexity index is 1280. The standard InChI is InChI=1S/C26H28N2O3S/c1-17-8-6-12-23(19(17)3)28-32(30,31)25-16-21(15-14-18(25)2)26(29)27-24-13-7-10-20-9-4-5-11-22(20)24/h4-6,8-9,11-12,14-16,24,28H,7,10,13H2,1-3H3,(H,27,29)/t24-/m0/s1. The molecule has 166 valence electrons. The third kappa shape index (κ3) is 4.41. The van der Waals surface area contributed by atoms with Crippen LogP contribution in [0.1, 0.15) is 57.1 Å².